The first-order chi connectivity index (χ1) is 14.6. The van der Waals surface area contributed by atoms with Gasteiger partial charge in [-0.3, -0.25) is 9.78 Å². The topological polar surface area (TPSA) is 79.4 Å². The van der Waals surface area contributed by atoms with Crippen LogP contribution in [-0.4, -0.2) is 38.2 Å². The highest BCUT2D eigenvalue weighted by atomic mass is 32.2. The Bertz CT molecular complexity index is 1080. The number of benzene rings is 1. The number of nitrogens with zero attached hydrogens (tertiary/aromatic N) is 2. The van der Waals surface area contributed by atoms with Gasteiger partial charge >= 0.3 is 0 Å². The maximum Gasteiger partial charge on any atom is 0.257 e. The van der Waals surface area contributed by atoms with Crippen molar-refractivity contribution in [2.24, 2.45) is 10.8 Å². The molecule has 0 bridgehead atoms. The predicted octanol–water partition coefficient (Wildman–Crippen LogP) is 4.53. The maximum absolute atomic E-state index is 13.1. The van der Waals surface area contributed by atoms with E-state index in [-0.39, 0.29) is 22.0 Å². The summed E-state index contributed by atoms with van der Waals surface area (Å²) in [6.07, 6.45) is 8.36. The zero-order chi connectivity index (χ0) is 22.3. The second-order valence-corrected chi connectivity index (χ2v) is 12.2. The van der Waals surface area contributed by atoms with Crippen LogP contribution in [0.25, 0.3) is 0 Å². The number of piperidine rings is 1. The smallest absolute Gasteiger partial charge is 0.257 e. The third kappa shape index (κ3) is 5.09. The number of anilines is 2. The molecule has 0 unspecified atom stereocenters. The molecule has 1 aliphatic carbocycles. The minimum Gasteiger partial charge on any atom is -0.370 e. The number of pyridine rings is 1. The van der Waals surface area contributed by atoms with Gasteiger partial charge < -0.3 is 10.2 Å². The molecule has 4 rings (SSSR count). The van der Waals surface area contributed by atoms with Crippen molar-refractivity contribution in [3.05, 3.63) is 48.3 Å². The summed E-state index contributed by atoms with van der Waals surface area (Å²) in [6.45, 7) is 7.56. The quantitative estimate of drug-likeness (QED) is 0.737. The molecule has 1 saturated heterocycles. The highest BCUT2D eigenvalue weighted by molar-refractivity contribution is 7.91. The molecule has 2 fully saturated rings. The predicted molar refractivity (Wildman–Crippen MR) is 123 cm³/mol. The van der Waals surface area contributed by atoms with Gasteiger partial charge in [0, 0.05) is 25.0 Å². The van der Waals surface area contributed by atoms with Gasteiger partial charge in [0.15, 0.2) is 9.84 Å². The van der Waals surface area contributed by atoms with Gasteiger partial charge in [-0.25, -0.2) is 8.42 Å². The fourth-order valence-corrected chi connectivity index (χ4v) is 6.25. The summed E-state index contributed by atoms with van der Waals surface area (Å²) in [4.78, 5) is 19.8. The van der Waals surface area contributed by atoms with Crippen LogP contribution in [0.5, 0.6) is 0 Å². The standard InChI is InChI=1S/C24H31N3O3S/c1-23(2,3)17-31(29,30)19-6-4-5-18(15-19)26-22(28)20-7-12-25-16-21(20)27-13-10-24(8-9-24)11-14-27/h4-7,12,15-16H,8-11,13-14,17H2,1-3H3,(H,26,28). The van der Waals surface area contributed by atoms with Crippen LogP contribution in [0.1, 0.15) is 56.8 Å². The third-order valence-corrected chi connectivity index (χ3v) is 8.46. The molecule has 1 aliphatic heterocycles. The molecule has 1 spiro atoms. The van der Waals surface area contributed by atoms with Crippen molar-refractivity contribution in [2.75, 3.05) is 29.1 Å². The number of carbonyl (C=O) groups excluding carboxylic acids is 1. The highest BCUT2D eigenvalue weighted by Gasteiger charge is 2.44. The van der Waals surface area contributed by atoms with Crippen LogP contribution in [-0.2, 0) is 9.84 Å². The minimum atomic E-state index is -3.44. The van der Waals surface area contributed by atoms with E-state index >= 15 is 0 Å². The molecule has 6 nitrogen and oxygen atoms in total. The summed E-state index contributed by atoms with van der Waals surface area (Å²) in [6, 6.07) is 8.23. The maximum atomic E-state index is 13.1. The van der Waals surface area contributed by atoms with Crippen molar-refractivity contribution in [3.8, 4) is 0 Å². The molecule has 1 saturated carbocycles. The molecule has 1 aromatic carbocycles. The van der Waals surface area contributed by atoms with E-state index in [1.165, 1.54) is 18.9 Å². The van der Waals surface area contributed by atoms with Crippen molar-refractivity contribution >= 4 is 27.1 Å². The fraction of sp³-hybridized carbons (Fsp3) is 0.500. The molecule has 31 heavy (non-hydrogen) atoms. The summed E-state index contributed by atoms with van der Waals surface area (Å²) in [5.41, 5.74) is 2.08. The van der Waals surface area contributed by atoms with Gasteiger partial charge in [0.1, 0.15) is 0 Å². The van der Waals surface area contributed by atoms with Crippen molar-refractivity contribution < 1.29 is 13.2 Å². The van der Waals surface area contributed by atoms with Crippen LogP contribution in [0.15, 0.2) is 47.6 Å². The molecule has 2 aromatic rings. The Hall–Kier alpha value is -2.41. The number of carbonyl (C=O) groups is 1. The third-order valence-electron chi connectivity index (χ3n) is 6.24. The molecule has 0 atom stereocenters. The Morgan fingerprint density at radius 2 is 1.84 bits per heavy atom. The van der Waals surface area contributed by atoms with Gasteiger partial charge in [0.25, 0.3) is 5.91 Å². The normalized spacial score (nSPS) is 18.1. The lowest BCUT2D eigenvalue weighted by molar-refractivity contribution is 0.102. The molecule has 166 valence electrons. The SMILES string of the molecule is CC(C)(C)CS(=O)(=O)c1cccc(NC(=O)c2ccncc2N2CCC3(CC2)CC3)c1. The first-order valence-electron chi connectivity index (χ1n) is 10.9. The van der Waals surface area contributed by atoms with Gasteiger partial charge in [-0.05, 0) is 60.8 Å². The highest BCUT2D eigenvalue weighted by Crippen LogP contribution is 2.54. The lowest BCUT2D eigenvalue weighted by Crippen LogP contribution is -2.35. The fourth-order valence-electron chi connectivity index (χ4n) is 4.35. The van der Waals surface area contributed by atoms with Crippen molar-refractivity contribution in [2.45, 2.75) is 51.3 Å². The minimum absolute atomic E-state index is 0.0440. The van der Waals surface area contributed by atoms with Gasteiger partial charge in [-0.2, -0.15) is 0 Å². The lowest BCUT2D eigenvalue weighted by Gasteiger charge is -2.34. The molecular formula is C24H31N3O3S. The molecular weight excluding hydrogens is 410 g/mol. The van der Waals surface area contributed by atoms with Crippen LogP contribution < -0.4 is 10.2 Å². The van der Waals surface area contributed by atoms with E-state index in [1.807, 2.05) is 20.8 Å². The second-order valence-electron chi connectivity index (χ2n) is 10.2. The Morgan fingerprint density at radius 3 is 2.48 bits per heavy atom. The number of nitrogens with one attached hydrogen (secondary N) is 1. The number of rotatable bonds is 5. The molecule has 1 N–H and O–H groups in total. The van der Waals surface area contributed by atoms with E-state index in [4.69, 9.17) is 0 Å². The van der Waals surface area contributed by atoms with E-state index in [2.05, 4.69) is 15.2 Å². The number of amides is 1. The lowest BCUT2D eigenvalue weighted by atomic mass is 9.93. The van der Waals surface area contributed by atoms with Crippen molar-refractivity contribution in [1.82, 2.24) is 4.98 Å². The van der Waals surface area contributed by atoms with E-state index in [0.717, 1.165) is 31.6 Å². The summed E-state index contributed by atoms with van der Waals surface area (Å²) in [7, 11) is -3.44. The first kappa shape index (κ1) is 21.8. The zero-order valence-corrected chi connectivity index (χ0v) is 19.3. The van der Waals surface area contributed by atoms with Crippen molar-refractivity contribution in [1.29, 1.82) is 0 Å². The number of sulfone groups is 1. The number of hydrogen-bond donors (Lipinski definition) is 1. The number of aromatic nitrogens is 1. The van der Waals surface area contributed by atoms with E-state index < -0.39 is 9.84 Å². The van der Waals surface area contributed by atoms with Crippen LogP contribution in [0.3, 0.4) is 0 Å². The van der Waals surface area contributed by atoms with Gasteiger partial charge in [0.05, 0.1) is 28.1 Å². The largest absolute Gasteiger partial charge is 0.370 e. The molecule has 1 aromatic heterocycles. The van der Waals surface area contributed by atoms with Gasteiger partial charge in [-0.1, -0.05) is 26.8 Å². The van der Waals surface area contributed by atoms with Crippen LogP contribution in [0.2, 0.25) is 0 Å². The van der Waals surface area contributed by atoms with E-state index in [1.54, 1.807) is 36.7 Å². The van der Waals surface area contributed by atoms with E-state index in [0.29, 0.717) is 16.7 Å². The second kappa shape index (κ2) is 7.93. The van der Waals surface area contributed by atoms with Gasteiger partial charge in [0.2, 0.25) is 0 Å². The summed E-state index contributed by atoms with van der Waals surface area (Å²) >= 11 is 0. The van der Waals surface area contributed by atoms with Crippen LogP contribution >= 0.6 is 0 Å². The first-order valence-corrected chi connectivity index (χ1v) is 12.6. The Kier molecular flexibility index (Phi) is 5.58. The molecule has 1 amide bonds. The van der Waals surface area contributed by atoms with Crippen molar-refractivity contribution in [3.63, 3.8) is 0 Å². The van der Waals surface area contributed by atoms with Crippen LogP contribution in [0, 0.1) is 10.8 Å². The average Bonchev–Trinajstić information content (AvgIpc) is 3.46. The average molecular weight is 442 g/mol. The molecule has 2 aliphatic rings. The Morgan fingerprint density at radius 1 is 1.13 bits per heavy atom. The zero-order valence-electron chi connectivity index (χ0n) is 18.5. The summed E-state index contributed by atoms with van der Waals surface area (Å²) in [5, 5.41) is 2.88. The Labute approximate surface area is 185 Å². The van der Waals surface area contributed by atoms with Gasteiger partial charge in [-0.15, -0.1) is 0 Å². The molecule has 0 radical (unpaired) electrons. The summed E-state index contributed by atoms with van der Waals surface area (Å²) < 4.78 is 25.5. The molecule has 2 heterocycles. The van der Waals surface area contributed by atoms with Crippen LogP contribution in [0.4, 0.5) is 11.4 Å². The van der Waals surface area contributed by atoms with E-state index in [9.17, 15) is 13.2 Å². The molecule has 7 heteroatoms. The summed E-state index contributed by atoms with van der Waals surface area (Å²) in [5.74, 6) is -0.211. The monoisotopic (exact) mass is 441 g/mol. The number of hydrogen-bond acceptors (Lipinski definition) is 5. The Balaban J connectivity index is 1.52.